The average molecular weight is 531 g/mol. The number of aromatic nitrogens is 1. The molecule has 2 amide bonds. The number of likely N-dealkylation sites (N-methyl/N-ethyl adjacent to an activating group) is 2. The molecule has 7 nitrogen and oxygen atoms in total. The van der Waals surface area contributed by atoms with E-state index in [0.717, 1.165) is 22.4 Å². The number of ether oxygens (including phenoxy) is 1. The van der Waals surface area contributed by atoms with Crippen molar-refractivity contribution in [1.29, 1.82) is 0 Å². The Morgan fingerprint density at radius 2 is 1.86 bits per heavy atom. The molecular weight excluding hydrogens is 504 g/mol. The van der Waals surface area contributed by atoms with Gasteiger partial charge in [0.05, 0.1) is 13.7 Å². The van der Waals surface area contributed by atoms with Gasteiger partial charge in [-0.2, -0.15) is 0 Å². The first-order valence-electron chi connectivity index (χ1n) is 12.0. The maximum absolute atomic E-state index is 14.8. The second-order valence-electron chi connectivity index (χ2n) is 9.66. The third kappa shape index (κ3) is 3.11. The summed E-state index contributed by atoms with van der Waals surface area (Å²) in [5, 5.41) is 0. The molecule has 9 heteroatoms. The van der Waals surface area contributed by atoms with Gasteiger partial charge in [0.1, 0.15) is 14.8 Å². The maximum atomic E-state index is 14.8. The number of fused-ring (bicyclic) bond motifs is 3. The SMILES string of the molecule is COc1ccc2c(c1)[C@]1(C(=O)N2C)N(C)C[C@@H](c2cccnc2)[C@]12SC(=S)N(Cc1ccccc1)C2=O. The van der Waals surface area contributed by atoms with Crippen LogP contribution in [-0.2, 0) is 21.7 Å². The number of thiocarbonyl (C=S) groups is 1. The van der Waals surface area contributed by atoms with Gasteiger partial charge in [-0.3, -0.25) is 24.4 Å². The predicted molar refractivity (Wildman–Crippen MR) is 148 cm³/mol. The van der Waals surface area contributed by atoms with Crippen molar-refractivity contribution in [3.8, 4) is 5.75 Å². The van der Waals surface area contributed by atoms with Crippen LogP contribution in [0.3, 0.4) is 0 Å². The smallest absolute Gasteiger partial charge is 0.254 e. The highest BCUT2D eigenvalue weighted by molar-refractivity contribution is 8.25. The largest absolute Gasteiger partial charge is 0.497 e. The van der Waals surface area contributed by atoms with Gasteiger partial charge in [-0.05, 0) is 42.4 Å². The molecule has 0 radical (unpaired) electrons. The van der Waals surface area contributed by atoms with E-state index in [2.05, 4.69) is 4.98 Å². The highest BCUT2D eigenvalue weighted by atomic mass is 32.2. The van der Waals surface area contributed by atoms with Crippen molar-refractivity contribution in [2.24, 2.45) is 0 Å². The van der Waals surface area contributed by atoms with E-state index >= 15 is 0 Å². The fourth-order valence-corrected chi connectivity index (χ4v) is 8.41. The first-order chi connectivity index (χ1) is 17.9. The Morgan fingerprint density at radius 3 is 2.57 bits per heavy atom. The van der Waals surface area contributed by atoms with Gasteiger partial charge in [0.25, 0.3) is 5.91 Å². The molecule has 2 spiro atoms. The monoisotopic (exact) mass is 530 g/mol. The second kappa shape index (κ2) is 8.65. The highest BCUT2D eigenvalue weighted by Gasteiger charge is 2.78. The highest BCUT2D eigenvalue weighted by Crippen LogP contribution is 2.66. The lowest BCUT2D eigenvalue weighted by Gasteiger charge is -2.42. The number of nitrogens with zero attached hydrogens (tertiary/aromatic N) is 4. The van der Waals surface area contributed by atoms with Crippen LogP contribution < -0.4 is 9.64 Å². The number of hydrogen-bond acceptors (Lipinski definition) is 7. The number of rotatable bonds is 4. The van der Waals surface area contributed by atoms with Gasteiger partial charge >= 0.3 is 0 Å². The molecule has 3 aliphatic heterocycles. The number of anilines is 1. The molecule has 2 saturated heterocycles. The van der Waals surface area contributed by atoms with E-state index in [1.165, 1.54) is 11.8 Å². The Balaban J connectivity index is 1.60. The summed E-state index contributed by atoms with van der Waals surface area (Å²) in [5.41, 5.74) is 2.14. The number of likely N-dealkylation sites (tertiary alicyclic amines) is 1. The predicted octanol–water partition coefficient (Wildman–Crippen LogP) is 3.79. The fourth-order valence-electron chi connectivity index (χ4n) is 6.29. The number of thioether (sulfide) groups is 1. The van der Waals surface area contributed by atoms with E-state index < -0.39 is 10.3 Å². The second-order valence-corrected chi connectivity index (χ2v) is 11.5. The van der Waals surface area contributed by atoms with E-state index in [4.69, 9.17) is 17.0 Å². The summed E-state index contributed by atoms with van der Waals surface area (Å²) in [6, 6.07) is 19.3. The zero-order chi connectivity index (χ0) is 25.9. The molecule has 37 heavy (non-hydrogen) atoms. The van der Waals surface area contributed by atoms with Gasteiger partial charge in [-0.1, -0.05) is 60.4 Å². The number of carbonyl (C=O) groups excluding carboxylic acids is 2. The lowest BCUT2D eigenvalue weighted by atomic mass is 9.72. The minimum Gasteiger partial charge on any atom is -0.497 e. The van der Waals surface area contributed by atoms with Crippen molar-refractivity contribution < 1.29 is 14.3 Å². The number of carbonyl (C=O) groups is 2. The van der Waals surface area contributed by atoms with Crippen molar-refractivity contribution in [3.05, 3.63) is 89.7 Å². The van der Waals surface area contributed by atoms with E-state index in [0.29, 0.717) is 23.2 Å². The van der Waals surface area contributed by atoms with E-state index in [1.807, 2.05) is 72.6 Å². The quantitative estimate of drug-likeness (QED) is 0.476. The summed E-state index contributed by atoms with van der Waals surface area (Å²) in [6.07, 6.45) is 3.51. The average Bonchev–Trinajstić information content (AvgIpc) is 3.43. The summed E-state index contributed by atoms with van der Waals surface area (Å²) in [4.78, 5) is 39.0. The van der Waals surface area contributed by atoms with E-state index in [9.17, 15) is 9.59 Å². The zero-order valence-electron chi connectivity index (χ0n) is 20.7. The molecule has 3 aromatic rings. The van der Waals surface area contributed by atoms with E-state index in [-0.39, 0.29) is 17.7 Å². The standard InChI is InChI=1S/C28H26N4O3S2/c1-30-17-22(19-10-7-13-29-15-19)28(25(34)32(26(36)37-28)16-18-8-5-4-6-9-18)27(30)21-14-20(35-3)11-12-23(21)31(2)24(27)33/h4-15,22H,16-17H2,1-3H3/t22-,27+,28+/m0/s1. The number of amides is 2. The molecule has 6 rings (SSSR count). The van der Waals surface area contributed by atoms with Gasteiger partial charge in [0, 0.05) is 43.2 Å². The molecular formula is C28H26N4O3S2. The summed E-state index contributed by atoms with van der Waals surface area (Å²) < 4.78 is 4.83. The molecule has 4 heterocycles. The summed E-state index contributed by atoms with van der Waals surface area (Å²) >= 11 is 7.23. The minimum absolute atomic E-state index is 0.144. The normalized spacial score (nSPS) is 27.1. The van der Waals surface area contributed by atoms with Crippen LogP contribution in [0, 0.1) is 0 Å². The molecule has 3 atom stereocenters. The van der Waals surface area contributed by atoms with Crippen LogP contribution in [0.2, 0.25) is 0 Å². The molecule has 0 saturated carbocycles. The molecule has 0 bridgehead atoms. The van der Waals surface area contributed by atoms with Gasteiger partial charge < -0.3 is 9.64 Å². The van der Waals surface area contributed by atoms with Crippen molar-refractivity contribution in [1.82, 2.24) is 14.8 Å². The van der Waals surface area contributed by atoms with Crippen LogP contribution in [0.1, 0.15) is 22.6 Å². The number of hydrogen-bond donors (Lipinski definition) is 0. The van der Waals surface area contributed by atoms with Gasteiger partial charge in [0.2, 0.25) is 5.91 Å². The van der Waals surface area contributed by atoms with Crippen LogP contribution in [0.25, 0.3) is 0 Å². The molecule has 3 aliphatic rings. The Bertz CT molecular complexity index is 1420. The first-order valence-corrected chi connectivity index (χ1v) is 13.3. The molecule has 0 unspecified atom stereocenters. The molecule has 2 aromatic carbocycles. The Labute approximate surface area is 225 Å². The third-order valence-corrected chi connectivity index (χ3v) is 9.87. The van der Waals surface area contributed by atoms with Crippen LogP contribution in [-0.4, -0.2) is 63.4 Å². The first kappa shape index (κ1) is 24.1. The molecule has 188 valence electrons. The Hall–Kier alpha value is -3.27. The van der Waals surface area contributed by atoms with Crippen molar-refractivity contribution in [3.63, 3.8) is 0 Å². The number of pyridine rings is 1. The van der Waals surface area contributed by atoms with Crippen LogP contribution >= 0.6 is 24.0 Å². The van der Waals surface area contributed by atoms with Crippen LogP contribution in [0.5, 0.6) is 5.75 Å². The zero-order valence-corrected chi connectivity index (χ0v) is 22.4. The molecule has 2 fully saturated rings. The lowest BCUT2D eigenvalue weighted by molar-refractivity contribution is -0.139. The van der Waals surface area contributed by atoms with Crippen LogP contribution in [0.4, 0.5) is 5.69 Å². The van der Waals surface area contributed by atoms with Gasteiger partial charge in [-0.15, -0.1) is 0 Å². The number of benzene rings is 2. The van der Waals surface area contributed by atoms with Gasteiger partial charge in [-0.25, -0.2) is 0 Å². The Kier molecular flexibility index (Phi) is 5.63. The number of methoxy groups -OCH3 is 1. The molecule has 0 N–H and O–H groups in total. The fraction of sp³-hybridized carbons (Fsp3) is 0.286. The third-order valence-electron chi connectivity index (χ3n) is 7.93. The minimum atomic E-state index is -1.27. The topological polar surface area (TPSA) is 66.0 Å². The molecule has 0 aliphatic carbocycles. The van der Waals surface area contributed by atoms with E-state index in [1.54, 1.807) is 36.4 Å². The summed E-state index contributed by atoms with van der Waals surface area (Å²) in [5.74, 6) is 0.0162. The van der Waals surface area contributed by atoms with Crippen molar-refractivity contribution >= 4 is 45.8 Å². The lowest BCUT2D eigenvalue weighted by Crippen LogP contribution is -2.62. The van der Waals surface area contributed by atoms with Gasteiger partial charge in [0.15, 0.2) is 5.54 Å². The van der Waals surface area contributed by atoms with Crippen molar-refractivity contribution in [2.45, 2.75) is 22.7 Å². The Morgan fingerprint density at radius 1 is 1.08 bits per heavy atom. The molecule has 1 aromatic heterocycles. The van der Waals surface area contributed by atoms with Crippen molar-refractivity contribution in [2.75, 3.05) is 32.6 Å². The van der Waals surface area contributed by atoms with Crippen LogP contribution in [0.15, 0.2) is 73.1 Å². The maximum Gasteiger partial charge on any atom is 0.254 e. The summed E-state index contributed by atoms with van der Waals surface area (Å²) in [6.45, 7) is 0.838. The summed E-state index contributed by atoms with van der Waals surface area (Å²) in [7, 11) is 5.30.